The summed E-state index contributed by atoms with van der Waals surface area (Å²) in [5, 5.41) is 13.2. The zero-order valence-corrected chi connectivity index (χ0v) is 13.7. The second-order valence-corrected chi connectivity index (χ2v) is 6.28. The minimum Gasteiger partial charge on any atom is -0.411 e. The van der Waals surface area contributed by atoms with E-state index >= 15 is 0 Å². The average molecular weight is 320 g/mol. The second-order valence-electron chi connectivity index (χ2n) is 6.28. The van der Waals surface area contributed by atoms with Crippen LogP contribution in [0.5, 0.6) is 0 Å². The summed E-state index contributed by atoms with van der Waals surface area (Å²) >= 11 is 0. The smallest absolute Gasteiger partial charge is 0.137 e. The fourth-order valence-electron chi connectivity index (χ4n) is 2.63. The number of nitrogens with zero attached hydrogens (tertiary/aromatic N) is 2. The van der Waals surface area contributed by atoms with E-state index in [1.807, 2.05) is 62.5 Å². The lowest BCUT2D eigenvalue weighted by atomic mass is 9.93. The number of oxime groups is 1. The number of benzene rings is 1. The summed E-state index contributed by atoms with van der Waals surface area (Å²) in [7, 11) is 0. The van der Waals surface area contributed by atoms with Crippen molar-refractivity contribution in [1.82, 2.24) is 9.97 Å². The summed E-state index contributed by atoms with van der Waals surface area (Å²) in [4.78, 5) is 7.38. The summed E-state index contributed by atoms with van der Waals surface area (Å²) in [5.41, 5.74) is 10.3. The minimum absolute atomic E-state index is 0.393. The first-order valence-electron chi connectivity index (χ1n) is 7.70. The molecular formula is C19H20N4O. The van der Waals surface area contributed by atoms with Gasteiger partial charge in [0, 0.05) is 28.9 Å². The maximum atomic E-state index is 9.02. The quantitative estimate of drug-likeness (QED) is 0.388. The first-order chi connectivity index (χ1) is 11.5. The van der Waals surface area contributed by atoms with Crippen LogP contribution in [0.2, 0.25) is 0 Å². The molecule has 3 aromatic rings. The molecule has 0 amide bonds. The van der Waals surface area contributed by atoms with Crippen LogP contribution in [0.4, 0.5) is 0 Å². The van der Waals surface area contributed by atoms with Crippen LogP contribution in [0.25, 0.3) is 22.7 Å². The molecule has 0 fully saturated rings. The summed E-state index contributed by atoms with van der Waals surface area (Å²) in [5.74, 6) is 0. The molecule has 0 aliphatic heterocycles. The number of hydrogen-bond acceptors (Lipinski definition) is 4. The fourth-order valence-corrected chi connectivity index (χ4v) is 2.63. The molecule has 3 rings (SSSR count). The molecule has 5 heteroatoms. The highest BCUT2D eigenvalue weighted by Crippen LogP contribution is 2.24. The number of rotatable bonds is 4. The zero-order chi connectivity index (χ0) is 17.2. The Labute approximate surface area is 140 Å². The monoisotopic (exact) mass is 320 g/mol. The Morgan fingerprint density at radius 1 is 1.21 bits per heavy atom. The first kappa shape index (κ1) is 16.0. The molecule has 0 bridgehead atoms. The largest absolute Gasteiger partial charge is 0.411 e. The van der Waals surface area contributed by atoms with E-state index in [2.05, 4.69) is 15.1 Å². The van der Waals surface area contributed by atoms with Gasteiger partial charge in [-0.25, -0.2) is 4.98 Å². The number of allylic oxidation sites excluding steroid dienone is 1. The molecule has 0 saturated carbocycles. The minimum atomic E-state index is -0.393. The normalized spacial score (nSPS) is 13.0. The first-order valence-corrected chi connectivity index (χ1v) is 7.70. The van der Waals surface area contributed by atoms with Crippen molar-refractivity contribution in [3.63, 3.8) is 0 Å². The maximum Gasteiger partial charge on any atom is 0.137 e. The van der Waals surface area contributed by atoms with Crippen LogP contribution >= 0.6 is 0 Å². The standard InChI is InChI=1S/C19H20N4O/c1-19(2,20)16-5-3-13(4-6-16)15(12-23-24)11-14-7-9-21-18-17(14)8-10-22-18/h3-12,24H,20H2,1-2H3,(H,21,22)/b15-11+,23-12+. The van der Waals surface area contributed by atoms with Crippen molar-refractivity contribution in [3.8, 4) is 0 Å². The third-order valence-corrected chi connectivity index (χ3v) is 3.96. The highest BCUT2D eigenvalue weighted by Gasteiger charge is 2.13. The van der Waals surface area contributed by atoms with E-state index in [0.717, 1.165) is 33.3 Å². The van der Waals surface area contributed by atoms with Crippen LogP contribution in [0.15, 0.2) is 53.9 Å². The van der Waals surface area contributed by atoms with Gasteiger partial charge >= 0.3 is 0 Å². The van der Waals surface area contributed by atoms with Crippen molar-refractivity contribution in [1.29, 1.82) is 0 Å². The molecule has 5 nitrogen and oxygen atoms in total. The molecule has 1 aromatic carbocycles. The molecule has 0 atom stereocenters. The van der Waals surface area contributed by atoms with Gasteiger partial charge in [0.15, 0.2) is 0 Å². The predicted molar refractivity (Wildman–Crippen MR) is 97.9 cm³/mol. The van der Waals surface area contributed by atoms with Crippen LogP contribution in [0, 0.1) is 0 Å². The summed E-state index contributed by atoms with van der Waals surface area (Å²) < 4.78 is 0. The van der Waals surface area contributed by atoms with Crippen molar-refractivity contribution in [2.24, 2.45) is 10.9 Å². The molecule has 24 heavy (non-hydrogen) atoms. The van der Waals surface area contributed by atoms with E-state index in [4.69, 9.17) is 10.9 Å². The van der Waals surface area contributed by atoms with Crippen molar-refractivity contribution in [2.75, 3.05) is 0 Å². The van der Waals surface area contributed by atoms with Crippen molar-refractivity contribution >= 4 is 28.9 Å². The number of pyridine rings is 1. The van der Waals surface area contributed by atoms with Crippen LogP contribution < -0.4 is 5.73 Å². The maximum absolute atomic E-state index is 9.02. The number of aromatic amines is 1. The molecule has 0 radical (unpaired) electrons. The molecule has 0 aliphatic rings. The Morgan fingerprint density at radius 3 is 2.62 bits per heavy atom. The predicted octanol–water partition coefficient (Wildman–Crippen LogP) is 3.76. The lowest BCUT2D eigenvalue weighted by Gasteiger charge is -2.19. The Bertz CT molecular complexity index is 899. The van der Waals surface area contributed by atoms with E-state index in [1.165, 1.54) is 6.21 Å². The van der Waals surface area contributed by atoms with Gasteiger partial charge in [0.25, 0.3) is 0 Å². The molecule has 0 saturated heterocycles. The van der Waals surface area contributed by atoms with Gasteiger partial charge in [-0.3, -0.25) is 0 Å². The van der Waals surface area contributed by atoms with Gasteiger partial charge in [-0.15, -0.1) is 0 Å². The third kappa shape index (κ3) is 3.21. The van der Waals surface area contributed by atoms with Gasteiger partial charge in [0.05, 0.1) is 6.21 Å². The van der Waals surface area contributed by atoms with E-state index < -0.39 is 5.54 Å². The lowest BCUT2D eigenvalue weighted by molar-refractivity contribution is 0.322. The Hall–Kier alpha value is -2.92. The molecule has 0 unspecified atom stereocenters. The number of hydrogen-bond donors (Lipinski definition) is 3. The number of nitrogens with one attached hydrogen (secondary N) is 1. The van der Waals surface area contributed by atoms with E-state index in [-0.39, 0.29) is 0 Å². The molecular weight excluding hydrogens is 300 g/mol. The number of fused-ring (bicyclic) bond motifs is 1. The second kappa shape index (κ2) is 6.29. The van der Waals surface area contributed by atoms with E-state index in [0.29, 0.717) is 0 Å². The molecule has 0 spiro atoms. The molecule has 4 N–H and O–H groups in total. The molecule has 2 heterocycles. The van der Waals surface area contributed by atoms with Crippen LogP contribution in [0.1, 0.15) is 30.5 Å². The molecule has 122 valence electrons. The summed E-state index contributed by atoms with van der Waals surface area (Å²) in [6.07, 6.45) is 7.01. The van der Waals surface area contributed by atoms with Crippen molar-refractivity contribution in [2.45, 2.75) is 19.4 Å². The highest BCUT2D eigenvalue weighted by atomic mass is 16.4. The zero-order valence-electron chi connectivity index (χ0n) is 13.7. The number of nitrogens with two attached hydrogens (primary N) is 1. The number of aromatic nitrogens is 2. The lowest BCUT2D eigenvalue weighted by Crippen LogP contribution is -2.28. The third-order valence-electron chi connectivity index (χ3n) is 3.96. The van der Waals surface area contributed by atoms with Crippen LogP contribution in [-0.4, -0.2) is 21.4 Å². The molecule has 2 aromatic heterocycles. The van der Waals surface area contributed by atoms with E-state index in [1.54, 1.807) is 6.20 Å². The van der Waals surface area contributed by atoms with Gasteiger partial charge in [-0.05, 0) is 48.7 Å². The Morgan fingerprint density at radius 2 is 1.96 bits per heavy atom. The average Bonchev–Trinajstić information content (AvgIpc) is 3.03. The number of H-pyrrole nitrogens is 1. The van der Waals surface area contributed by atoms with Crippen molar-refractivity contribution in [3.05, 3.63) is 65.5 Å². The molecule has 0 aliphatic carbocycles. The van der Waals surface area contributed by atoms with Gasteiger partial charge in [0.1, 0.15) is 5.65 Å². The van der Waals surface area contributed by atoms with Crippen LogP contribution in [-0.2, 0) is 5.54 Å². The SMILES string of the molecule is CC(C)(N)c1ccc(C(=C/c2ccnc3[nH]ccc23)/C=N/O)cc1. The van der Waals surface area contributed by atoms with E-state index in [9.17, 15) is 0 Å². The fraction of sp³-hybridized carbons (Fsp3) is 0.158. The summed E-state index contributed by atoms with van der Waals surface area (Å²) in [6, 6.07) is 11.8. The van der Waals surface area contributed by atoms with Gasteiger partial charge < -0.3 is 15.9 Å². The van der Waals surface area contributed by atoms with Gasteiger partial charge in [-0.2, -0.15) is 0 Å². The summed E-state index contributed by atoms with van der Waals surface area (Å²) in [6.45, 7) is 3.93. The van der Waals surface area contributed by atoms with Crippen molar-refractivity contribution < 1.29 is 5.21 Å². The highest BCUT2D eigenvalue weighted by molar-refractivity contribution is 6.16. The van der Waals surface area contributed by atoms with Crippen LogP contribution in [0.3, 0.4) is 0 Å². The van der Waals surface area contributed by atoms with Gasteiger partial charge in [-0.1, -0.05) is 29.4 Å². The Balaban J connectivity index is 2.05. The Kier molecular flexibility index (Phi) is 4.18. The topological polar surface area (TPSA) is 87.3 Å². The van der Waals surface area contributed by atoms with Gasteiger partial charge in [0.2, 0.25) is 0 Å².